The molecule has 2 fully saturated rings. The van der Waals surface area contributed by atoms with Crippen LogP contribution in [0.5, 0.6) is 0 Å². The van der Waals surface area contributed by atoms with Crippen LogP contribution in [0.2, 0.25) is 0 Å². The summed E-state index contributed by atoms with van der Waals surface area (Å²) in [6.07, 6.45) is 8.32. The molecule has 1 aliphatic carbocycles. The van der Waals surface area contributed by atoms with Gasteiger partial charge in [0.25, 0.3) is 11.5 Å². The molecule has 0 unspecified atom stereocenters. The molecular formula is C28H37N5O3S. The second-order valence-corrected chi connectivity index (χ2v) is 11.3. The number of aromatic amines is 1. The van der Waals surface area contributed by atoms with Gasteiger partial charge < -0.3 is 24.9 Å². The Balaban J connectivity index is 1.36. The fourth-order valence-electron chi connectivity index (χ4n) is 5.99. The summed E-state index contributed by atoms with van der Waals surface area (Å²) in [6.45, 7) is 7.99. The molecule has 8 nitrogen and oxygen atoms in total. The van der Waals surface area contributed by atoms with Crippen LogP contribution in [0.25, 0.3) is 11.0 Å². The molecular weight excluding hydrogens is 486 g/mol. The Kier molecular flexibility index (Phi) is 7.74. The summed E-state index contributed by atoms with van der Waals surface area (Å²) in [5.74, 6) is 0.339. The molecule has 1 saturated carbocycles. The molecule has 2 aliphatic rings. The van der Waals surface area contributed by atoms with Crippen molar-refractivity contribution in [2.75, 3.05) is 19.5 Å². The smallest absolute Gasteiger partial charge is 0.255 e. The van der Waals surface area contributed by atoms with Crippen molar-refractivity contribution in [3.05, 3.63) is 57.3 Å². The lowest BCUT2D eigenvalue weighted by Gasteiger charge is -2.37. The number of pyridine rings is 2. The maximum absolute atomic E-state index is 13.5. The van der Waals surface area contributed by atoms with Crippen LogP contribution >= 0.6 is 11.8 Å². The number of aromatic nitrogens is 3. The Morgan fingerprint density at radius 2 is 2.00 bits per heavy atom. The summed E-state index contributed by atoms with van der Waals surface area (Å²) in [5, 5.41) is 6.74. The number of carbonyl (C=O) groups excluding carboxylic acids is 1. The van der Waals surface area contributed by atoms with Crippen LogP contribution in [0.15, 0.2) is 34.1 Å². The van der Waals surface area contributed by atoms with Crippen molar-refractivity contribution < 1.29 is 9.53 Å². The zero-order valence-electron chi connectivity index (χ0n) is 22.1. The molecule has 3 aromatic heterocycles. The Morgan fingerprint density at radius 1 is 1.24 bits per heavy atom. The van der Waals surface area contributed by atoms with Crippen molar-refractivity contribution >= 4 is 28.7 Å². The van der Waals surface area contributed by atoms with Gasteiger partial charge in [-0.3, -0.25) is 14.6 Å². The molecule has 198 valence electrons. The van der Waals surface area contributed by atoms with E-state index in [9.17, 15) is 9.59 Å². The molecule has 1 saturated heterocycles. The third-order valence-corrected chi connectivity index (χ3v) is 8.88. The van der Waals surface area contributed by atoms with E-state index in [1.165, 1.54) is 11.8 Å². The van der Waals surface area contributed by atoms with E-state index in [4.69, 9.17) is 4.74 Å². The van der Waals surface area contributed by atoms with Gasteiger partial charge in [-0.25, -0.2) is 0 Å². The molecule has 5 rings (SSSR count). The van der Waals surface area contributed by atoms with Crippen LogP contribution < -0.4 is 16.2 Å². The van der Waals surface area contributed by atoms with Gasteiger partial charge in [0.15, 0.2) is 0 Å². The minimum absolute atomic E-state index is 0.162. The van der Waals surface area contributed by atoms with E-state index in [0.29, 0.717) is 34.6 Å². The zero-order valence-corrected chi connectivity index (χ0v) is 22.9. The topological polar surface area (TPSA) is 101 Å². The van der Waals surface area contributed by atoms with Crippen molar-refractivity contribution in [2.45, 2.75) is 76.0 Å². The first-order valence-electron chi connectivity index (χ1n) is 13.2. The van der Waals surface area contributed by atoms with Crippen LogP contribution in [-0.4, -0.2) is 52.0 Å². The van der Waals surface area contributed by atoms with E-state index in [2.05, 4.69) is 38.2 Å². The number of thioether (sulfide) groups is 1. The Hall–Kier alpha value is -2.62. The number of H-pyrrole nitrogens is 1. The second kappa shape index (κ2) is 11.0. The highest BCUT2D eigenvalue weighted by atomic mass is 32.2. The van der Waals surface area contributed by atoms with Gasteiger partial charge in [-0.1, -0.05) is 0 Å². The van der Waals surface area contributed by atoms with E-state index in [1.54, 1.807) is 6.20 Å². The molecule has 0 aromatic carbocycles. The monoisotopic (exact) mass is 523 g/mol. The van der Waals surface area contributed by atoms with Crippen molar-refractivity contribution in [1.82, 2.24) is 25.2 Å². The third kappa shape index (κ3) is 5.22. The fraction of sp³-hybridized carbons (Fsp3) is 0.536. The Labute approximate surface area is 222 Å². The highest BCUT2D eigenvalue weighted by Crippen LogP contribution is 2.37. The minimum atomic E-state index is -0.199. The van der Waals surface area contributed by atoms with Gasteiger partial charge in [-0.15, -0.1) is 11.8 Å². The van der Waals surface area contributed by atoms with E-state index < -0.39 is 0 Å². The normalized spacial score (nSPS) is 21.1. The molecule has 9 heteroatoms. The van der Waals surface area contributed by atoms with Crippen LogP contribution in [0.4, 0.5) is 0 Å². The van der Waals surface area contributed by atoms with Crippen molar-refractivity contribution in [2.24, 2.45) is 5.92 Å². The number of ether oxygens (including phenoxy) is 1. The maximum Gasteiger partial charge on any atom is 0.255 e. The van der Waals surface area contributed by atoms with Gasteiger partial charge in [-0.2, -0.15) is 0 Å². The number of hydrogen-bond acceptors (Lipinski definition) is 6. The van der Waals surface area contributed by atoms with Gasteiger partial charge in [0.1, 0.15) is 5.52 Å². The average Bonchev–Trinajstić information content (AvgIpc) is 3.16. The molecule has 3 aromatic rings. The first-order chi connectivity index (χ1) is 17.9. The number of amides is 1. The maximum atomic E-state index is 13.5. The lowest BCUT2D eigenvalue weighted by atomic mass is 9.81. The van der Waals surface area contributed by atoms with Gasteiger partial charge >= 0.3 is 0 Å². The third-order valence-electron chi connectivity index (χ3n) is 8.08. The predicted molar refractivity (Wildman–Crippen MR) is 147 cm³/mol. The molecule has 1 atom stereocenters. The first-order valence-corrected chi connectivity index (χ1v) is 14.4. The summed E-state index contributed by atoms with van der Waals surface area (Å²) in [7, 11) is 0. The first kappa shape index (κ1) is 26.0. The largest absolute Gasteiger partial charge is 0.378 e. The lowest BCUT2D eigenvalue weighted by Crippen LogP contribution is -2.51. The van der Waals surface area contributed by atoms with Gasteiger partial charge in [-0.05, 0) is 76.8 Å². The van der Waals surface area contributed by atoms with Gasteiger partial charge in [0, 0.05) is 46.7 Å². The Bertz CT molecular complexity index is 1340. The number of carbonyl (C=O) groups is 1. The number of hydrogen-bond donors (Lipinski definition) is 3. The average molecular weight is 524 g/mol. The zero-order chi connectivity index (χ0) is 26.1. The highest BCUT2D eigenvalue weighted by Gasteiger charge is 2.31. The summed E-state index contributed by atoms with van der Waals surface area (Å²) < 4.78 is 7.62. The van der Waals surface area contributed by atoms with Gasteiger partial charge in [0.2, 0.25) is 0 Å². The molecule has 1 amide bonds. The predicted octanol–water partition coefficient (Wildman–Crippen LogP) is 4.10. The fourth-order valence-corrected chi connectivity index (χ4v) is 6.70. The number of aryl methyl sites for hydroxylation is 1. The second-order valence-electron chi connectivity index (χ2n) is 10.5. The van der Waals surface area contributed by atoms with Crippen molar-refractivity contribution in [3.8, 4) is 0 Å². The molecule has 37 heavy (non-hydrogen) atoms. The number of nitrogens with zero attached hydrogens (tertiary/aromatic N) is 2. The summed E-state index contributed by atoms with van der Waals surface area (Å²) in [5.41, 5.74) is 4.45. The Morgan fingerprint density at radius 3 is 2.68 bits per heavy atom. The quantitative estimate of drug-likeness (QED) is 0.385. The van der Waals surface area contributed by atoms with Crippen LogP contribution in [0, 0.1) is 19.8 Å². The molecule has 1 aliphatic heterocycles. The van der Waals surface area contributed by atoms with E-state index in [-0.39, 0.29) is 24.1 Å². The minimum Gasteiger partial charge on any atom is -0.378 e. The van der Waals surface area contributed by atoms with Crippen molar-refractivity contribution in [1.29, 1.82) is 0 Å². The standard InChI is InChI=1S/C28H37N5O3S/c1-16-12-24(37-4)22(27(34)31-16)13-30-28(35)25-18(3)33(23-6-5-11-29-26(23)25)17(2)19-7-9-20(10-8-19)32-21-14-36-15-21/h5-6,11-12,17,19-21,32H,7-10,13-15H2,1-4H3,(H,30,35)(H,31,34)/t17-,19?,20?/m1/s1. The van der Waals surface area contributed by atoms with Crippen LogP contribution in [0.3, 0.4) is 0 Å². The SMILES string of the molecule is CSc1cc(C)[nH]c(=O)c1CNC(=O)c1c(C)n([C@H](C)C2CCC(NC3COC3)CC2)c2cccnc12. The summed E-state index contributed by atoms with van der Waals surface area (Å²) in [6, 6.07) is 7.28. The number of rotatable bonds is 8. The van der Waals surface area contributed by atoms with E-state index in [1.807, 2.05) is 32.2 Å². The van der Waals surface area contributed by atoms with Gasteiger partial charge in [0.05, 0.1) is 30.3 Å². The number of nitrogens with one attached hydrogen (secondary N) is 3. The molecule has 0 bridgehead atoms. The molecule has 4 heterocycles. The summed E-state index contributed by atoms with van der Waals surface area (Å²) in [4.78, 5) is 34.4. The van der Waals surface area contributed by atoms with E-state index >= 15 is 0 Å². The molecule has 0 radical (unpaired) electrons. The van der Waals surface area contributed by atoms with E-state index in [0.717, 1.165) is 60.7 Å². The van der Waals surface area contributed by atoms with Crippen molar-refractivity contribution in [3.63, 3.8) is 0 Å². The van der Waals surface area contributed by atoms with Crippen LogP contribution in [-0.2, 0) is 11.3 Å². The lowest BCUT2D eigenvalue weighted by molar-refractivity contribution is -0.0130. The highest BCUT2D eigenvalue weighted by molar-refractivity contribution is 7.98. The summed E-state index contributed by atoms with van der Waals surface area (Å²) >= 11 is 1.51. The van der Waals surface area contributed by atoms with Crippen LogP contribution in [0.1, 0.15) is 66.0 Å². The molecule has 3 N–H and O–H groups in total. The molecule has 0 spiro atoms. The number of fused-ring (bicyclic) bond motifs is 1.